The van der Waals surface area contributed by atoms with E-state index < -0.39 is 0 Å². The van der Waals surface area contributed by atoms with Crippen LogP contribution < -0.4 is 4.90 Å². The molecule has 1 aromatic carbocycles. The highest BCUT2D eigenvalue weighted by Crippen LogP contribution is 2.45. The van der Waals surface area contributed by atoms with Crippen molar-refractivity contribution in [3.05, 3.63) is 65.0 Å². The summed E-state index contributed by atoms with van der Waals surface area (Å²) in [5.74, 6) is 0.881. The Balaban J connectivity index is 1.31. The Morgan fingerprint density at radius 1 is 1.00 bits per heavy atom. The van der Waals surface area contributed by atoms with E-state index >= 15 is 0 Å². The van der Waals surface area contributed by atoms with Crippen molar-refractivity contribution >= 4 is 11.3 Å². The Bertz CT molecular complexity index is 1340. The van der Waals surface area contributed by atoms with Crippen LogP contribution >= 0.6 is 0 Å². The Hall–Kier alpha value is -3.22. The van der Waals surface area contributed by atoms with Crippen LogP contribution in [0.5, 0.6) is 0 Å². The average Bonchev–Trinajstić information content (AvgIpc) is 3.47. The lowest BCUT2D eigenvalue weighted by Gasteiger charge is -2.40. The number of benzene rings is 1. The average molecular weight is 431 g/mol. The van der Waals surface area contributed by atoms with E-state index in [1.54, 1.807) is 12.1 Å². The van der Waals surface area contributed by atoms with E-state index in [2.05, 4.69) is 35.0 Å². The number of nitrogens with zero attached hydrogens (tertiary/aromatic N) is 6. The zero-order valence-electron chi connectivity index (χ0n) is 18.8. The van der Waals surface area contributed by atoms with Crippen LogP contribution in [-0.2, 0) is 19.9 Å². The molecule has 32 heavy (non-hydrogen) atoms. The molecule has 1 fully saturated rings. The second-order valence-corrected chi connectivity index (χ2v) is 9.52. The summed E-state index contributed by atoms with van der Waals surface area (Å²) < 4.78 is 17.6. The van der Waals surface area contributed by atoms with Crippen LogP contribution in [0.15, 0.2) is 36.7 Å². The van der Waals surface area contributed by atoms with E-state index in [0.29, 0.717) is 0 Å². The number of aromatic nitrogens is 5. The van der Waals surface area contributed by atoms with Crippen molar-refractivity contribution in [1.82, 2.24) is 24.4 Å². The minimum atomic E-state index is -0.120. The first-order chi connectivity index (χ1) is 15.4. The van der Waals surface area contributed by atoms with Gasteiger partial charge < -0.3 is 4.90 Å². The molecule has 4 heterocycles. The van der Waals surface area contributed by atoms with Gasteiger partial charge in [-0.3, -0.25) is 4.68 Å². The van der Waals surface area contributed by atoms with Crippen LogP contribution in [0, 0.1) is 25.1 Å². The lowest BCUT2D eigenvalue weighted by atomic mass is 9.76. The van der Waals surface area contributed by atoms with Crippen molar-refractivity contribution < 1.29 is 4.39 Å². The zero-order chi connectivity index (χ0) is 22.0. The smallest absolute Gasteiger partial charge is 0.155 e. The molecule has 0 unspecified atom stereocenters. The highest BCUT2D eigenvalue weighted by atomic mass is 19.1. The van der Waals surface area contributed by atoms with Gasteiger partial charge in [-0.05, 0) is 74.3 Å². The number of piperidine rings is 1. The second-order valence-electron chi connectivity index (χ2n) is 9.52. The quantitative estimate of drug-likeness (QED) is 0.477. The minimum Gasteiger partial charge on any atom is -0.355 e. The lowest BCUT2D eigenvalue weighted by Crippen LogP contribution is -2.41. The molecule has 4 aromatic rings. The minimum absolute atomic E-state index is 0.120. The fourth-order valence-corrected chi connectivity index (χ4v) is 5.69. The molecule has 6 rings (SSSR count). The van der Waals surface area contributed by atoms with Crippen molar-refractivity contribution in [3.8, 4) is 11.3 Å². The van der Waals surface area contributed by atoms with Gasteiger partial charge in [0.1, 0.15) is 11.3 Å². The fourth-order valence-electron chi connectivity index (χ4n) is 5.69. The Morgan fingerprint density at radius 3 is 2.53 bits per heavy atom. The summed E-state index contributed by atoms with van der Waals surface area (Å²) in [7, 11) is 1.95. The van der Waals surface area contributed by atoms with Gasteiger partial charge in [0.2, 0.25) is 0 Å². The zero-order valence-corrected chi connectivity index (χ0v) is 18.8. The van der Waals surface area contributed by atoms with Crippen LogP contribution in [0.2, 0.25) is 0 Å². The SMILES string of the molecule is Cc1nc(N2CCC3(CC2)Cc2ccc(F)cc2C3)c2ccnn2c1-c1cnn(C)c1C. The highest BCUT2D eigenvalue weighted by Gasteiger charge is 2.40. The molecule has 0 amide bonds. The number of anilines is 1. The maximum absolute atomic E-state index is 13.7. The maximum atomic E-state index is 13.7. The standard InChI is InChI=1S/C25H27FN6/c1-16-23(21-15-28-30(3)17(21)2)32-22(6-9-27-32)24(29-16)31-10-7-25(8-11-31)13-18-4-5-20(26)12-19(18)14-25/h4-6,9,12,15H,7-8,10-11,13-14H2,1-3H3. The molecular formula is C25H27FN6. The molecule has 0 N–H and O–H groups in total. The van der Waals surface area contributed by atoms with Gasteiger partial charge in [0.05, 0.1) is 23.8 Å². The third kappa shape index (κ3) is 2.87. The molecule has 2 aliphatic rings. The molecule has 0 atom stereocenters. The monoisotopic (exact) mass is 430 g/mol. The van der Waals surface area contributed by atoms with Crippen LogP contribution in [0.4, 0.5) is 10.2 Å². The molecular weight excluding hydrogens is 403 g/mol. The molecule has 1 spiro atoms. The molecule has 1 aliphatic carbocycles. The van der Waals surface area contributed by atoms with Gasteiger partial charge in [-0.2, -0.15) is 10.2 Å². The van der Waals surface area contributed by atoms with E-state index in [9.17, 15) is 4.39 Å². The number of rotatable bonds is 2. The maximum Gasteiger partial charge on any atom is 0.155 e. The number of halogens is 1. The molecule has 1 saturated heterocycles. The second kappa shape index (κ2) is 6.89. The number of aryl methyl sites for hydroxylation is 2. The van der Waals surface area contributed by atoms with Gasteiger partial charge >= 0.3 is 0 Å². The van der Waals surface area contributed by atoms with Gasteiger partial charge in [-0.1, -0.05) is 6.07 Å². The third-order valence-corrected chi connectivity index (χ3v) is 7.61. The topological polar surface area (TPSA) is 51.3 Å². The third-order valence-electron chi connectivity index (χ3n) is 7.61. The van der Waals surface area contributed by atoms with E-state index in [-0.39, 0.29) is 11.2 Å². The molecule has 1 aliphatic heterocycles. The number of hydrogen-bond donors (Lipinski definition) is 0. The van der Waals surface area contributed by atoms with Crippen LogP contribution in [-0.4, -0.2) is 37.5 Å². The van der Waals surface area contributed by atoms with Gasteiger partial charge in [-0.25, -0.2) is 13.9 Å². The van der Waals surface area contributed by atoms with E-state index in [1.807, 2.05) is 34.7 Å². The molecule has 7 heteroatoms. The Labute approximate surface area is 186 Å². The normalized spacial score (nSPS) is 17.4. The van der Waals surface area contributed by atoms with E-state index in [4.69, 9.17) is 4.98 Å². The fraction of sp³-hybridized carbons (Fsp3) is 0.400. The highest BCUT2D eigenvalue weighted by molar-refractivity contribution is 5.76. The van der Waals surface area contributed by atoms with Crippen LogP contribution in [0.3, 0.4) is 0 Å². The summed E-state index contributed by atoms with van der Waals surface area (Å²) >= 11 is 0. The summed E-state index contributed by atoms with van der Waals surface area (Å²) in [4.78, 5) is 7.47. The molecule has 0 saturated carbocycles. The molecule has 0 bridgehead atoms. The summed E-state index contributed by atoms with van der Waals surface area (Å²) in [6.45, 7) is 6.03. The summed E-state index contributed by atoms with van der Waals surface area (Å²) in [5.41, 5.74) is 7.91. The molecule has 3 aromatic heterocycles. The molecule has 0 radical (unpaired) electrons. The number of hydrogen-bond acceptors (Lipinski definition) is 4. The number of fused-ring (bicyclic) bond motifs is 2. The van der Waals surface area contributed by atoms with Crippen LogP contribution in [0.25, 0.3) is 16.8 Å². The van der Waals surface area contributed by atoms with Crippen molar-refractivity contribution in [2.24, 2.45) is 12.5 Å². The van der Waals surface area contributed by atoms with Crippen molar-refractivity contribution in [3.63, 3.8) is 0 Å². The largest absolute Gasteiger partial charge is 0.355 e. The molecule has 164 valence electrons. The van der Waals surface area contributed by atoms with Crippen molar-refractivity contribution in [2.75, 3.05) is 18.0 Å². The van der Waals surface area contributed by atoms with Crippen LogP contribution in [0.1, 0.15) is 35.4 Å². The van der Waals surface area contributed by atoms with Gasteiger partial charge in [0.25, 0.3) is 0 Å². The van der Waals surface area contributed by atoms with E-state index in [0.717, 1.165) is 72.8 Å². The van der Waals surface area contributed by atoms with Gasteiger partial charge in [-0.15, -0.1) is 0 Å². The summed E-state index contributed by atoms with van der Waals surface area (Å²) in [6.07, 6.45) is 7.97. The van der Waals surface area contributed by atoms with E-state index in [1.165, 1.54) is 11.1 Å². The molecule has 6 nitrogen and oxygen atoms in total. The van der Waals surface area contributed by atoms with Crippen molar-refractivity contribution in [2.45, 2.75) is 39.5 Å². The Morgan fingerprint density at radius 2 is 1.78 bits per heavy atom. The first kappa shape index (κ1) is 19.5. The lowest BCUT2D eigenvalue weighted by molar-refractivity contribution is 0.232. The van der Waals surface area contributed by atoms with Crippen molar-refractivity contribution in [1.29, 1.82) is 0 Å². The van der Waals surface area contributed by atoms with Gasteiger partial charge in [0, 0.05) is 31.4 Å². The first-order valence-corrected chi connectivity index (χ1v) is 11.3. The summed E-state index contributed by atoms with van der Waals surface area (Å²) in [6, 6.07) is 7.36. The predicted molar refractivity (Wildman–Crippen MR) is 122 cm³/mol. The first-order valence-electron chi connectivity index (χ1n) is 11.3. The Kier molecular flexibility index (Phi) is 4.19. The van der Waals surface area contributed by atoms with Gasteiger partial charge in [0.15, 0.2) is 5.82 Å². The predicted octanol–water partition coefficient (Wildman–Crippen LogP) is 4.27. The summed E-state index contributed by atoms with van der Waals surface area (Å²) in [5, 5.41) is 9.06.